The summed E-state index contributed by atoms with van der Waals surface area (Å²) in [7, 11) is 0. The quantitative estimate of drug-likeness (QED) is 0.369. The van der Waals surface area contributed by atoms with Crippen molar-refractivity contribution in [3.63, 3.8) is 0 Å². The second-order valence-electron chi connectivity index (χ2n) is 3.67. The number of nitrogens with two attached hydrogens (primary N) is 1. The Morgan fingerprint density at radius 2 is 1.89 bits per heavy atom. The van der Waals surface area contributed by atoms with E-state index in [4.69, 9.17) is 15.9 Å². The molecule has 0 radical (unpaired) electrons. The van der Waals surface area contributed by atoms with Crippen molar-refractivity contribution in [1.82, 2.24) is 15.3 Å². The van der Waals surface area contributed by atoms with Gasteiger partial charge in [0.1, 0.15) is 11.4 Å². The third-order valence-electron chi connectivity index (χ3n) is 2.28. The SMILES string of the molecule is NC(=O)c1cncc(C(=O)NC(CO)C(O)CO)n1. The van der Waals surface area contributed by atoms with E-state index in [1.165, 1.54) is 0 Å². The minimum atomic E-state index is -1.32. The van der Waals surface area contributed by atoms with Crippen LogP contribution in [0.25, 0.3) is 0 Å². The number of hydrogen-bond acceptors (Lipinski definition) is 7. The molecule has 2 amide bonds. The van der Waals surface area contributed by atoms with Crippen LogP contribution in [0.1, 0.15) is 21.0 Å². The highest BCUT2D eigenvalue weighted by molar-refractivity contribution is 5.95. The van der Waals surface area contributed by atoms with Crippen molar-refractivity contribution in [3.8, 4) is 0 Å². The first-order chi connectivity index (χ1) is 8.99. The summed E-state index contributed by atoms with van der Waals surface area (Å²) in [6.07, 6.45) is 0.883. The highest BCUT2D eigenvalue weighted by Gasteiger charge is 2.21. The summed E-state index contributed by atoms with van der Waals surface area (Å²) in [5.41, 5.74) is 4.61. The van der Waals surface area contributed by atoms with Crippen LogP contribution in [-0.4, -0.2) is 62.5 Å². The van der Waals surface area contributed by atoms with Gasteiger partial charge < -0.3 is 26.4 Å². The van der Waals surface area contributed by atoms with Crippen LogP contribution >= 0.6 is 0 Å². The van der Waals surface area contributed by atoms with Gasteiger partial charge in [0, 0.05) is 0 Å². The van der Waals surface area contributed by atoms with Crippen LogP contribution in [-0.2, 0) is 0 Å². The molecule has 0 aliphatic rings. The zero-order valence-electron chi connectivity index (χ0n) is 9.85. The Morgan fingerprint density at radius 3 is 2.42 bits per heavy atom. The summed E-state index contributed by atoms with van der Waals surface area (Å²) < 4.78 is 0. The number of hydrogen-bond donors (Lipinski definition) is 5. The molecule has 1 aromatic heterocycles. The van der Waals surface area contributed by atoms with Crippen LogP contribution in [0, 0.1) is 0 Å². The fraction of sp³-hybridized carbons (Fsp3) is 0.400. The number of amides is 2. The molecule has 0 aromatic carbocycles. The predicted molar refractivity (Wildman–Crippen MR) is 62.0 cm³/mol. The summed E-state index contributed by atoms with van der Waals surface area (Å²) in [5.74, 6) is -1.60. The highest BCUT2D eigenvalue weighted by Crippen LogP contribution is 1.99. The van der Waals surface area contributed by atoms with Crippen LogP contribution in [0.3, 0.4) is 0 Å². The minimum Gasteiger partial charge on any atom is -0.394 e. The molecular formula is C10H14N4O5. The van der Waals surface area contributed by atoms with Crippen molar-refractivity contribution in [2.75, 3.05) is 13.2 Å². The highest BCUT2D eigenvalue weighted by atomic mass is 16.3. The van der Waals surface area contributed by atoms with Crippen LogP contribution in [0.2, 0.25) is 0 Å². The largest absolute Gasteiger partial charge is 0.394 e. The molecule has 9 heteroatoms. The van der Waals surface area contributed by atoms with Gasteiger partial charge in [0.25, 0.3) is 11.8 Å². The molecule has 2 atom stereocenters. The fourth-order valence-electron chi connectivity index (χ4n) is 1.23. The van der Waals surface area contributed by atoms with Gasteiger partial charge in [0.2, 0.25) is 0 Å². The van der Waals surface area contributed by atoms with E-state index < -0.39 is 37.2 Å². The lowest BCUT2D eigenvalue weighted by Crippen LogP contribution is -2.47. The van der Waals surface area contributed by atoms with Crippen LogP contribution in [0.5, 0.6) is 0 Å². The first kappa shape index (κ1) is 15.0. The van der Waals surface area contributed by atoms with Gasteiger partial charge in [-0.3, -0.25) is 14.6 Å². The van der Waals surface area contributed by atoms with E-state index in [-0.39, 0.29) is 11.4 Å². The van der Waals surface area contributed by atoms with Crippen molar-refractivity contribution in [1.29, 1.82) is 0 Å². The molecule has 0 saturated heterocycles. The Morgan fingerprint density at radius 1 is 1.26 bits per heavy atom. The number of primary amides is 1. The number of rotatable bonds is 6. The summed E-state index contributed by atoms with van der Waals surface area (Å²) >= 11 is 0. The van der Waals surface area contributed by atoms with Gasteiger partial charge in [0.15, 0.2) is 0 Å². The molecular weight excluding hydrogens is 256 g/mol. The predicted octanol–water partition coefficient (Wildman–Crippen LogP) is -2.98. The van der Waals surface area contributed by atoms with E-state index in [1.54, 1.807) is 0 Å². The molecule has 0 aliphatic heterocycles. The average molecular weight is 270 g/mol. The number of aliphatic hydroxyl groups excluding tert-OH is 3. The van der Waals surface area contributed by atoms with Crippen LogP contribution < -0.4 is 11.1 Å². The summed E-state index contributed by atoms with van der Waals surface area (Å²) in [6, 6.07) is -1.06. The number of aliphatic hydroxyl groups is 3. The lowest BCUT2D eigenvalue weighted by molar-refractivity contribution is 0.0387. The first-order valence-electron chi connectivity index (χ1n) is 5.32. The normalized spacial score (nSPS) is 13.6. The van der Waals surface area contributed by atoms with Gasteiger partial charge in [-0.2, -0.15) is 0 Å². The van der Waals surface area contributed by atoms with E-state index in [1.807, 2.05) is 0 Å². The first-order valence-corrected chi connectivity index (χ1v) is 5.32. The molecule has 1 heterocycles. The monoisotopic (exact) mass is 270 g/mol. The number of carbonyl (C=O) groups is 2. The maximum atomic E-state index is 11.7. The Labute approximate surface area is 108 Å². The smallest absolute Gasteiger partial charge is 0.271 e. The summed E-state index contributed by atoms with van der Waals surface area (Å²) in [5, 5.41) is 29.3. The maximum absolute atomic E-state index is 11.7. The number of nitrogens with zero attached hydrogens (tertiary/aromatic N) is 2. The molecule has 0 saturated carbocycles. The molecule has 0 aliphatic carbocycles. The third-order valence-corrected chi connectivity index (χ3v) is 2.28. The van der Waals surface area contributed by atoms with Gasteiger partial charge in [-0.05, 0) is 0 Å². The van der Waals surface area contributed by atoms with Gasteiger partial charge in [-0.1, -0.05) is 0 Å². The second kappa shape index (κ2) is 6.73. The van der Waals surface area contributed by atoms with E-state index in [9.17, 15) is 14.7 Å². The van der Waals surface area contributed by atoms with Gasteiger partial charge in [0.05, 0.1) is 37.8 Å². The standard InChI is InChI=1S/C10H14N4O5/c11-9(18)5-1-12-2-6(13-5)10(19)14-7(3-15)8(17)4-16/h1-2,7-8,15-17H,3-4H2,(H2,11,18)(H,14,19). The zero-order chi connectivity index (χ0) is 14.4. The Kier molecular flexibility index (Phi) is 5.30. The van der Waals surface area contributed by atoms with Crippen molar-refractivity contribution < 1.29 is 24.9 Å². The van der Waals surface area contributed by atoms with Crippen molar-refractivity contribution in [2.24, 2.45) is 5.73 Å². The lowest BCUT2D eigenvalue weighted by Gasteiger charge is -2.20. The Bertz CT molecular complexity index is 467. The zero-order valence-corrected chi connectivity index (χ0v) is 9.85. The average Bonchev–Trinajstić information content (AvgIpc) is 2.43. The topological polar surface area (TPSA) is 159 Å². The van der Waals surface area contributed by atoms with Gasteiger partial charge >= 0.3 is 0 Å². The van der Waals surface area contributed by atoms with E-state index in [2.05, 4.69) is 15.3 Å². The third kappa shape index (κ3) is 3.95. The number of nitrogens with one attached hydrogen (secondary N) is 1. The molecule has 6 N–H and O–H groups in total. The number of carbonyl (C=O) groups excluding carboxylic acids is 2. The van der Waals surface area contributed by atoms with Crippen LogP contribution in [0.4, 0.5) is 0 Å². The van der Waals surface area contributed by atoms with E-state index >= 15 is 0 Å². The molecule has 1 aromatic rings. The molecule has 104 valence electrons. The minimum absolute atomic E-state index is 0.184. The lowest BCUT2D eigenvalue weighted by atomic mass is 10.2. The Hall–Kier alpha value is -2.10. The molecule has 0 bridgehead atoms. The molecule has 19 heavy (non-hydrogen) atoms. The van der Waals surface area contributed by atoms with Crippen molar-refractivity contribution in [2.45, 2.75) is 12.1 Å². The van der Waals surface area contributed by atoms with Crippen molar-refractivity contribution in [3.05, 3.63) is 23.8 Å². The molecule has 9 nitrogen and oxygen atoms in total. The molecule has 0 fully saturated rings. The van der Waals surface area contributed by atoms with Crippen molar-refractivity contribution >= 4 is 11.8 Å². The molecule has 0 spiro atoms. The molecule has 2 unspecified atom stereocenters. The second-order valence-corrected chi connectivity index (χ2v) is 3.67. The summed E-state index contributed by atoms with van der Waals surface area (Å²) in [4.78, 5) is 29.9. The van der Waals surface area contributed by atoms with E-state index in [0.717, 1.165) is 12.4 Å². The Balaban J connectivity index is 2.82. The van der Waals surface area contributed by atoms with Crippen LogP contribution in [0.15, 0.2) is 12.4 Å². The fourth-order valence-corrected chi connectivity index (χ4v) is 1.23. The maximum Gasteiger partial charge on any atom is 0.271 e. The number of aromatic nitrogens is 2. The molecule has 1 rings (SSSR count). The summed E-state index contributed by atoms with van der Waals surface area (Å²) in [6.45, 7) is -1.20. The van der Waals surface area contributed by atoms with Gasteiger partial charge in [-0.15, -0.1) is 0 Å². The van der Waals surface area contributed by atoms with E-state index in [0.29, 0.717) is 0 Å². The van der Waals surface area contributed by atoms with Gasteiger partial charge in [-0.25, -0.2) is 4.98 Å².